The van der Waals surface area contributed by atoms with Crippen LogP contribution in [-0.4, -0.2) is 15.0 Å². The van der Waals surface area contributed by atoms with Gasteiger partial charge in [0.05, 0.1) is 21.6 Å². The van der Waals surface area contributed by atoms with Gasteiger partial charge in [-0.3, -0.25) is 20.2 Å². The van der Waals surface area contributed by atoms with Crippen molar-refractivity contribution in [2.75, 3.05) is 11.5 Å². The van der Waals surface area contributed by atoms with E-state index in [2.05, 4.69) is 10.2 Å². The van der Waals surface area contributed by atoms with Crippen LogP contribution in [0, 0.1) is 27.2 Å². The van der Waals surface area contributed by atoms with E-state index < -0.39 is 32.7 Å². The van der Waals surface area contributed by atoms with Crippen LogP contribution in [0.15, 0.2) is 34.5 Å². The molecule has 0 bridgehead atoms. The standard InChI is InChI=1S/C13H12N6O5/c1-6-2-10(9(15)5-8(6)14)16-17-11-3-7(18(21)22)4-12(13(11)20)19(23)24/h2-5,20H,14-15H2,1H3/b17-16+. The van der Waals surface area contributed by atoms with Crippen LogP contribution in [-0.2, 0) is 0 Å². The number of hydrogen-bond acceptors (Lipinski definition) is 9. The number of aryl methyl sites for hydroxylation is 1. The molecule has 0 spiro atoms. The normalized spacial score (nSPS) is 10.9. The molecule has 11 nitrogen and oxygen atoms in total. The Morgan fingerprint density at radius 1 is 0.958 bits per heavy atom. The molecule has 0 radical (unpaired) electrons. The average molecular weight is 332 g/mol. The fourth-order valence-corrected chi connectivity index (χ4v) is 1.83. The Hall–Kier alpha value is -3.76. The number of nitrogens with zero attached hydrogens (tertiary/aromatic N) is 4. The second-order valence-electron chi connectivity index (χ2n) is 4.81. The highest BCUT2D eigenvalue weighted by molar-refractivity contribution is 5.71. The molecule has 2 aromatic carbocycles. The lowest BCUT2D eigenvalue weighted by molar-refractivity contribution is -0.394. The molecule has 24 heavy (non-hydrogen) atoms. The summed E-state index contributed by atoms with van der Waals surface area (Å²) >= 11 is 0. The highest BCUT2D eigenvalue weighted by Gasteiger charge is 2.24. The number of azo groups is 1. The molecule has 0 fully saturated rings. The van der Waals surface area contributed by atoms with E-state index in [1.807, 2.05) is 0 Å². The van der Waals surface area contributed by atoms with E-state index in [4.69, 9.17) is 11.5 Å². The average Bonchev–Trinajstić information content (AvgIpc) is 2.50. The van der Waals surface area contributed by atoms with Crippen LogP contribution in [0.3, 0.4) is 0 Å². The summed E-state index contributed by atoms with van der Waals surface area (Å²) in [6.07, 6.45) is 0. The molecule has 0 unspecified atom stereocenters. The van der Waals surface area contributed by atoms with Crippen LogP contribution in [0.4, 0.5) is 34.1 Å². The van der Waals surface area contributed by atoms with Crippen molar-refractivity contribution < 1.29 is 15.0 Å². The van der Waals surface area contributed by atoms with E-state index in [1.54, 1.807) is 6.92 Å². The fraction of sp³-hybridized carbons (Fsp3) is 0.0769. The number of nitro groups is 2. The number of nitrogen functional groups attached to an aromatic ring is 2. The molecule has 0 saturated carbocycles. The van der Waals surface area contributed by atoms with Crippen LogP contribution >= 0.6 is 0 Å². The second kappa shape index (κ2) is 6.16. The Balaban J connectivity index is 2.55. The van der Waals surface area contributed by atoms with Gasteiger partial charge in [0.2, 0.25) is 5.75 Å². The van der Waals surface area contributed by atoms with Crippen LogP contribution in [0.25, 0.3) is 0 Å². The molecule has 5 N–H and O–H groups in total. The van der Waals surface area contributed by atoms with Crippen LogP contribution in [0.5, 0.6) is 5.75 Å². The minimum Gasteiger partial charge on any atom is -0.501 e. The van der Waals surface area contributed by atoms with Crippen molar-refractivity contribution in [1.82, 2.24) is 0 Å². The first-order valence-electron chi connectivity index (χ1n) is 6.44. The van der Waals surface area contributed by atoms with Gasteiger partial charge in [-0.05, 0) is 24.6 Å². The minimum absolute atomic E-state index is 0.196. The van der Waals surface area contributed by atoms with Gasteiger partial charge in [-0.2, -0.15) is 0 Å². The molecule has 124 valence electrons. The van der Waals surface area contributed by atoms with Gasteiger partial charge in [0.1, 0.15) is 11.4 Å². The summed E-state index contributed by atoms with van der Waals surface area (Å²) in [5.41, 5.74) is 11.1. The highest BCUT2D eigenvalue weighted by atomic mass is 16.6. The molecule has 2 aromatic rings. The highest BCUT2D eigenvalue weighted by Crippen LogP contribution is 2.40. The van der Waals surface area contributed by atoms with Crippen molar-refractivity contribution in [3.05, 3.63) is 50.1 Å². The number of phenolic OH excluding ortho intramolecular Hbond substituents is 1. The van der Waals surface area contributed by atoms with E-state index in [9.17, 15) is 25.3 Å². The fourth-order valence-electron chi connectivity index (χ4n) is 1.83. The Kier molecular flexibility index (Phi) is 4.26. The van der Waals surface area contributed by atoms with Crippen molar-refractivity contribution in [1.29, 1.82) is 0 Å². The summed E-state index contributed by atoms with van der Waals surface area (Å²) < 4.78 is 0. The summed E-state index contributed by atoms with van der Waals surface area (Å²) in [5.74, 6) is -0.833. The van der Waals surface area contributed by atoms with E-state index in [1.165, 1.54) is 12.1 Å². The van der Waals surface area contributed by atoms with E-state index in [-0.39, 0.29) is 11.4 Å². The van der Waals surface area contributed by atoms with E-state index >= 15 is 0 Å². The van der Waals surface area contributed by atoms with Gasteiger partial charge >= 0.3 is 5.69 Å². The summed E-state index contributed by atoms with van der Waals surface area (Å²) in [6.45, 7) is 1.71. The first-order chi connectivity index (χ1) is 11.2. The van der Waals surface area contributed by atoms with Gasteiger partial charge in [0, 0.05) is 11.8 Å². The van der Waals surface area contributed by atoms with Gasteiger partial charge in [-0.25, -0.2) is 0 Å². The minimum atomic E-state index is -0.955. The number of aromatic hydroxyl groups is 1. The number of nitrogens with two attached hydrogens (primary N) is 2. The Labute approximate surface area is 134 Å². The predicted octanol–water partition coefficient (Wildman–Crippen LogP) is 3.10. The summed E-state index contributed by atoms with van der Waals surface area (Å²) in [4.78, 5) is 19.9. The number of anilines is 2. The molecule has 2 rings (SSSR count). The molecule has 0 heterocycles. The maximum Gasteiger partial charge on any atom is 0.319 e. The maximum atomic E-state index is 10.9. The zero-order chi connectivity index (χ0) is 18.0. The molecule has 0 aliphatic rings. The number of nitro benzene ring substituents is 2. The second-order valence-corrected chi connectivity index (χ2v) is 4.81. The van der Waals surface area contributed by atoms with Crippen molar-refractivity contribution in [2.24, 2.45) is 10.2 Å². The number of rotatable bonds is 4. The van der Waals surface area contributed by atoms with Crippen molar-refractivity contribution in [3.8, 4) is 5.75 Å². The number of non-ortho nitro benzene ring substituents is 1. The van der Waals surface area contributed by atoms with Crippen molar-refractivity contribution in [3.63, 3.8) is 0 Å². The van der Waals surface area contributed by atoms with Crippen LogP contribution in [0.1, 0.15) is 5.56 Å². The van der Waals surface area contributed by atoms with Gasteiger partial charge in [0.15, 0.2) is 0 Å². The molecule has 0 atom stereocenters. The molecule has 0 aliphatic carbocycles. The van der Waals surface area contributed by atoms with E-state index in [0.717, 1.165) is 6.07 Å². The summed E-state index contributed by atoms with van der Waals surface area (Å²) in [6, 6.07) is 4.48. The number of hydrogen-bond donors (Lipinski definition) is 3. The summed E-state index contributed by atoms with van der Waals surface area (Å²) in [5, 5.41) is 39.0. The number of benzene rings is 2. The van der Waals surface area contributed by atoms with Gasteiger partial charge in [-0.1, -0.05) is 0 Å². The van der Waals surface area contributed by atoms with Gasteiger partial charge in [0.25, 0.3) is 5.69 Å². The third-order valence-electron chi connectivity index (χ3n) is 3.14. The first-order valence-corrected chi connectivity index (χ1v) is 6.44. The van der Waals surface area contributed by atoms with Gasteiger partial charge < -0.3 is 16.6 Å². The smallest absolute Gasteiger partial charge is 0.319 e. The Morgan fingerprint density at radius 3 is 2.17 bits per heavy atom. The first kappa shape index (κ1) is 16.6. The van der Waals surface area contributed by atoms with Crippen LogP contribution < -0.4 is 11.5 Å². The molecule has 0 aromatic heterocycles. The largest absolute Gasteiger partial charge is 0.501 e. The Morgan fingerprint density at radius 2 is 1.58 bits per heavy atom. The monoisotopic (exact) mass is 332 g/mol. The molecule has 0 aliphatic heterocycles. The SMILES string of the molecule is Cc1cc(/N=N/c2cc([N+](=O)[O-])cc([N+](=O)[O-])c2O)c(N)cc1N. The lowest BCUT2D eigenvalue weighted by Gasteiger charge is -2.04. The molecule has 0 saturated heterocycles. The topological polar surface area (TPSA) is 183 Å². The lowest BCUT2D eigenvalue weighted by atomic mass is 10.1. The molecular formula is C13H12N6O5. The lowest BCUT2D eigenvalue weighted by Crippen LogP contribution is -1.94. The quantitative estimate of drug-likeness (QED) is 0.332. The Bertz CT molecular complexity index is 880. The zero-order valence-corrected chi connectivity index (χ0v) is 12.3. The third-order valence-corrected chi connectivity index (χ3v) is 3.14. The molecule has 11 heteroatoms. The third kappa shape index (κ3) is 3.19. The van der Waals surface area contributed by atoms with E-state index in [0.29, 0.717) is 17.3 Å². The van der Waals surface area contributed by atoms with Gasteiger partial charge in [-0.15, -0.1) is 10.2 Å². The zero-order valence-electron chi connectivity index (χ0n) is 12.3. The molecular weight excluding hydrogens is 320 g/mol. The molecule has 0 amide bonds. The van der Waals surface area contributed by atoms with Crippen molar-refractivity contribution >= 4 is 34.1 Å². The van der Waals surface area contributed by atoms with Crippen LogP contribution in [0.2, 0.25) is 0 Å². The number of phenols is 1. The maximum absolute atomic E-state index is 10.9. The van der Waals surface area contributed by atoms with Crippen molar-refractivity contribution in [2.45, 2.75) is 6.92 Å². The summed E-state index contributed by atoms with van der Waals surface area (Å²) in [7, 11) is 0. The predicted molar refractivity (Wildman–Crippen MR) is 85.6 cm³/mol.